The number of aryl methyl sites for hydroxylation is 1. The number of esters is 1. The Balaban J connectivity index is 1.84. The molecule has 0 aliphatic rings. The van der Waals surface area contributed by atoms with Crippen molar-refractivity contribution in [2.45, 2.75) is 66.2 Å². The number of carbonyl (C=O) groups excluding carboxylic acids is 2. The molecule has 34 heavy (non-hydrogen) atoms. The Morgan fingerprint density at radius 2 is 1.56 bits per heavy atom. The van der Waals surface area contributed by atoms with Crippen LogP contribution in [0.5, 0.6) is 0 Å². The number of amides is 1. The van der Waals surface area contributed by atoms with Gasteiger partial charge in [-0.05, 0) is 73.1 Å². The standard InChI is InChI=1S/C28H35N3O3/c1-17(2)23-9-8-10-24(18(3)4)27(23)29-28(33)21-11-13-22(14-12-21)31-20(6)25(19(5)30-31)15-16-26(32)34-7/h8-14,17-18H,15-16H2,1-7H3,(H,29,33). The van der Waals surface area contributed by atoms with Crippen molar-refractivity contribution in [3.8, 4) is 5.69 Å². The van der Waals surface area contributed by atoms with Crippen molar-refractivity contribution in [1.82, 2.24) is 9.78 Å². The Labute approximate surface area is 202 Å². The van der Waals surface area contributed by atoms with Crippen molar-refractivity contribution < 1.29 is 14.3 Å². The topological polar surface area (TPSA) is 73.2 Å². The first kappa shape index (κ1) is 25.2. The largest absolute Gasteiger partial charge is 0.469 e. The van der Waals surface area contributed by atoms with Crippen LogP contribution in [0.25, 0.3) is 5.69 Å². The summed E-state index contributed by atoms with van der Waals surface area (Å²) in [6, 6.07) is 13.7. The fourth-order valence-corrected chi connectivity index (χ4v) is 4.25. The first-order valence-corrected chi connectivity index (χ1v) is 11.8. The Kier molecular flexibility index (Phi) is 7.92. The molecule has 1 amide bonds. The molecule has 1 N–H and O–H groups in total. The third kappa shape index (κ3) is 5.38. The molecule has 0 radical (unpaired) electrons. The molecule has 0 aliphatic carbocycles. The van der Waals surface area contributed by atoms with E-state index >= 15 is 0 Å². The van der Waals surface area contributed by atoms with Gasteiger partial charge in [0.15, 0.2) is 0 Å². The Hall–Kier alpha value is -3.41. The summed E-state index contributed by atoms with van der Waals surface area (Å²) >= 11 is 0. The van der Waals surface area contributed by atoms with Gasteiger partial charge in [-0.2, -0.15) is 5.10 Å². The number of nitrogens with one attached hydrogen (secondary N) is 1. The van der Waals surface area contributed by atoms with E-state index in [2.05, 4.69) is 56.3 Å². The molecule has 6 heteroatoms. The predicted octanol–water partition coefficient (Wildman–Crippen LogP) is 6.09. The molecule has 1 heterocycles. The van der Waals surface area contributed by atoms with Gasteiger partial charge in [0.1, 0.15) is 0 Å². The molecule has 180 valence electrons. The molecule has 6 nitrogen and oxygen atoms in total. The first-order chi connectivity index (χ1) is 16.1. The molecule has 0 fully saturated rings. The van der Waals surface area contributed by atoms with Crippen LogP contribution in [0, 0.1) is 13.8 Å². The van der Waals surface area contributed by atoms with E-state index in [9.17, 15) is 9.59 Å². The number of hydrogen-bond donors (Lipinski definition) is 1. The van der Waals surface area contributed by atoms with Crippen LogP contribution in [0.3, 0.4) is 0 Å². The van der Waals surface area contributed by atoms with E-state index in [1.54, 1.807) is 0 Å². The monoisotopic (exact) mass is 461 g/mol. The second-order valence-electron chi connectivity index (χ2n) is 9.26. The number of methoxy groups -OCH3 is 1. The summed E-state index contributed by atoms with van der Waals surface area (Å²) in [5.41, 5.74) is 7.54. The number of carbonyl (C=O) groups is 2. The summed E-state index contributed by atoms with van der Waals surface area (Å²) < 4.78 is 6.61. The van der Waals surface area contributed by atoms with Crippen LogP contribution in [0.2, 0.25) is 0 Å². The lowest BCUT2D eigenvalue weighted by Crippen LogP contribution is -2.16. The molecule has 0 spiro atoms. The van der Waals surface area contributed by atoms with Crippen LogP contribution < -0.4 is 5.32 Å². The Morgan fingerprint density at radius 1 is 0.971 bits per heavy atom. The van der Waals surface area contributed by atoms with Crippen LogP contribution in [0.15, 0.2) is 42.5 Å². The van der Waals surface area contributed by atoms with Gasteiger partial charge in [0, 0.05) is 23.4 Å². The Morgan fingerprint density at radius 3 is 2.09 bits per heavy atom. The lowest BCUT2D eigenvalue weighted by atomic mass is 9.92. The second-order valence-corrected chi connectivity index (χ2v) is 9.26. The number of aromatic nitrogens is 2. The van der Waals surface area contributed by atoms with E-state index in [0.29, 0.717) is 30.2 Å². The van der Waals surface area contributed by atoms with E-state index < -0.39 is 0 Å². The smallest absolute Gasteiger partial charge is 0.305 e. The third-order valence-electron chi connectivity index (χ3n) is 6.23. The molecule has 1 aromatic heterocycles. The zero-order chi connectivity index (χ0) is 25.0. The minimum atomic E-state index is -0.235. The van der Waals surface area contributed by atoms with Gasteiger partial charge < -0.3 is 10.1 Å². The summed E-state index contributed by atoms with van der Waals surface area (Å²) in [7, 11) is 1.40. The van der Waals surface area contributed by atoms with Crippen LogP contribution in [0.1, 0.15) is 84.4 Å². The summed E-state index contributed by atoms with van der Waals surface area (Å²) in [5, 5.41) is 7.82. The van der Waals surface area contributed by atoms with E-state index in [0.717, 1.165) is 39.5 Å². The lowest BCUT2D eigenvalue weighted by molar-refractivity contribution is -0.140. The normalized spacial score (nSPS) is 11.2. The summed E-state index contributed by atoms with van der Waals surface area (Å²) in [4.78, 5) is 24.7. The number of anilines is 1. The molecule has 0 saturated heterocycles. The molecule has 0 aliphatic heterocycles. The van der Waals surface area contributed by atoms with Crippen molar-refractivity contribution in [1.29, 1.82) is 0 Å². The quantitative estimate of drug-likeness (QED) is 0.412. The highest BCUT2D eigenvalue weighted by Crippen LogP contribution is 2.32. The van der Waals surface area contributed by atoms with E-state index in [1.807, 2.05) is 42.8 Å². The van der Waals surface area contributed by atoms with Crippen LogP contribution in [-0.4, -0.2) is 28.8 Å². The van der Waals surface area contributed by atoms with Gasteiger partial charge >= 0.3 is 5.97 Å². The number of rotatable bonds is 8. The maximum Gasteiger partial charge on any atom is 0.305 e. The fraction of sp³-hybridized carbons (Fsp3) is 0.393. The molecule has 0 atom stereocenters. The highest BCUT2D eigenvalue weighted by atomic mass is 16.5. The fourth-order valence-electron chi connectivity index (χ4n) is 4.25. The third-order valence-corrected chi connectivity index (χ3v) is 6.23. The van der Waals surface area contributed by atoms with Gasteiger partial charge in [-0.15, -0.1) is 0 Å². The highest BCUT2D eigenvalue weighted by molar-refractivity contribution is 6.05. The predicted molar refractivity (Wildman–Crippen MR) is 136 cm³/mol. The van der Waals surface area contributed by atoms with E-state index in [1.165, 1.54) is 7.11 Å². The average Bonchev–Trinajstić information content (AvgIpc) is 3.10. The first-order valence-electron chi connectivity index (χ1n) is 11.8. The zero-order valence-corrected chi connectivity index (χ0v) is 21.2. The molecular formula is C28H35N3O3. The van der Waals surface area contributed by atoms with Gasteiger partial charge in [0.05, 0.1) is 18.5 Å². The summed E-state index contributed by atoms with van der Waals surface area (Å²) in [6.07, 6.45) is 0.900. The summed E-state index contributed by atoms with van der Waals surface area (Å²) in [6.45, 7) is 12.5. The van der Waals surface area contributed by atoms with E-state index in [4.69, 9.17) is 4.74 Å². The minimum absolute atomic E-state index is 0.131. The van der Waals surface area contributed by atoms with Crippen LogP contribution in [0.4, 0.5) is 5.69 Å². The van der Waals surface area contributed by atoms with Crippen molar-refractivity contribution in [3.05, 3.63) is 76.1 Å². The molecular weight excluding hydrogens is 426 g/mol. The Bertz CT molecular complexity index is 1150. The molecule has 0 bridgehead atoms. The average molecular weight is 462 g/mol. The highest BCUT2D eigenvalue weighted by Gasteiger charge is 2.18. The number of nitrogens with zero attached hydrogens (tertiary/aromatic N) is 2. The van der Waals surface area contributed by atoms with Crippen molar-refractivity contribution in [3.63, 3.8) is 0 Å². The molecule has 0 unspecified atom stereocenters. The summed E-state index contributed by atoms with van der Waals surface area (Å²) in [5.74, 6) is 0.238. The van der Waals surface area contributed by atoms with Crippen LogP contribution >= 0.6 is 0 Å². The van der Waals surface area contributed by atoms with Gasteiger partial charge in [-0.1, -0.05) is 45.9 Å². The molecule has 3 aromatic rings. The van der Waals surface area contributed by atoms with Gasteiger partial charge in [-0.25, -0.2) is 4.68 Å². The van der Waals surface area contributed by atoms with Crippen molar-refractivity contribution >= 4 is 17.6 Å². The number of ether oxygens (including phenoxy) is 1. The lowest BCUT2D eigenvalue weighted by Gasteiger charge is -2.20. The number of benzene rings is 2. The number of para-hydroxylation sites is 1. The van der Waals surface area contributed by atoms with Crippen molar-refractivity contribution in [2.75, 3.05) is 12.4 Å². The van der Waals surface area contributed by atoms with E-state index in [-0.39, 0.29) is 11.9 Å². The van der Waals surface area contributed by atoms with Crippen LogP contribution in [-0.2, 0) is 16.0 Å². The molecule has 3 rings (SSSR count). The molecule has 2 aromatic carbocycles. The van der Waals surface area contributed by atoms with Gasteiger partial charge in [-0.3, -0.25) is 9.59 Å². The SMILES string of the molecule is COC(=O)CCc1c(C)nn(-c2ccc(C(=O)Nc3c(C(C)C)cccc3C(C)C)cc2)c1C. The second kappa shape index (κ2) is 10.7. The number of hydrogen-bond acceptors (Lipinski definition) is 4. The maximum absolute atomic E-state index is 13.1. The zero-order valence-electron chi connectivity index (χ0n) is 21.2. The van der Waals surface area contributed by atoms with Gasteiger partial charge in [0.25, 0.3) is 5.91 Å². The van der Waals surface area contributed by atoms with Gasteiger partial charge in [0.2, 0.25) is 0 Å². The minimum Gasteiger partial charge on any atom is -0.469 e. The van der Waals surface area contributed by atoms with Crippen molar-refractivity contribution in [2.24, 2.45) is 0 Å². The molecule has 0 saturated carbocycles. The maximum atomic E-state index is 13.1.